The van der Waals surface area contributed by atoms with Gasteiger partial charge in [0, 0.05) is 18.6 Å². The number of nitrogens with one attached hydrogen (secondary N) is 1. The van der Waals surface area contributed by atoms with Crippen LogP contribution in [0.2, 0.25) is 5.15 Å². The average Bonchev–Trinajstić information content (AvgIpc) is 2.83. The molecule has 0 spiro atoms. The highest BCUT2D eigenvalue weighted by Crippen LogP contribution is 2.26. The number of nitrogens with zero attached hydrogens (tertiary/aromatic N) is 3. The number of aromatic nitrogens is 3. The summed E-state index contributed by atoms with van der Waals surface area (Å²) in [5.41, 5.74) is 3.60. The number of hydrogen-bond donors (Lipinski definition) is 2. The Hall–Kier alpha value is -3.58. The molecule has 1 aromatic carbocycles. The summed E-state index contributed by atoms with van der Waals surface area (Å²) in [4.78, 5) is 28.5. The fourth-order valence-corrected chi connectivity index (χ4v) is 4.79. The summed E-state index contributed by atoms with van der Waals surface area (Å²) in [7, 11) is -3.63. The second-order valence-corrected chi connectivity index (χ2v) is 10.3. The number of carbonyl (C=O) groups excluding carboxylic acids is 1. The average molecular weight is 542 g/mol. The lowest BCUT2D eigenvalue weighted by Gasteiger charge is -2.18. The molecule has 10 nitrogen and oxygen atoms in total. The molecule has 3 N–H and O–H groups in total. The van der Waals surface area contributed by atoms with E-state index in [9.17, 15) is 32.0 Å². The first-order valence-corrected chi connectivity index (χ1v) is 12.6. The largest absolute Gasteiger partial charge is 0.618 e. The number of hydrogen-bond acceptors (Lipinski definition) is 7. The summed E-state index contributed by atoms with van der Waals surface area (Å²) in [5.74, 6) is -5.39. The Kier molecular flexibility index (Phi) is 7.94. The maximum atomic E-state index is 14.7. The number of carbonyl (C=O) groups is 1. The summed E-state index contributed by atoms with van der Waals surface area (Å²) in [6.07, 6.45) is 0.709. The minimum atomic E-state index is -3.70. The van der Waals surface area contributed by atoms with Gasteiger partial charge in [-0.1, -0.05) is 36.7 Å². The molecule has 192 valence electrons. The van der Waals surface area contributed by atoms with E-state index < -0.39 is 51.8 Å². The van der Waals surface area contributed by atoms with Gasteiger partial charge in [0.05, 0.1) is 22.9 Å². The molecule has 3 aromatic rings. The van der Waals surface area contributed by atoms with Gasteiger partial charge in [0.15, 0.2) is 21.9 Å². The number of amides is 1. The minimum Gasteiger partial charge on any atom is -0.618 e. The Bertz CT molecular complexity index is 1460. The van der Waals surface area contributed by atoms with Gasteiger partial charge < -0.3 is 16.3 Å². The topological polar surface area (TPSA) is 151 Å². The molecule has 0 fully saturated rings. The summed E-state index contributed by atoms with van der Waals surface area (Å²) in [6, 6.07) is 9.54. The number of benzene rings is 1. The Morgan fingerprint density at radius 3 is 2.56 bits per heavy atom. The van der Waals surface area contributed by atoms with Crippen molar-refractivity contribution in [1.82, 2.24) is 9.55 Å². The fraction of sp³-hybridized carbons (Fsp3) is 0.273. The molecule has 36 heavy (non-hydrogen) atoms. The standard InChI is InChI=1S/C22H22ClF2N5O5S/c1-2-36(34,35)16-8-4-3-7-14(16)11-15-19(23)29(12-18(26)31)21(32)20(28-15)27-13-22(24,25)17-9-5-6-10-30(17)33/h3-10H,2,11-13H2,1H3,(H2,26,31)(H,27,28). The molecule has 2 heterocycles. The third kappa shape index (κ3) is 5.79. The van der Waals surface area contributed by atoms with E-state index in [0.717, 1.165) is 16.8 Å². The molecule has 0 atom stereocenters. The van der Waals surface area contributed by atoms with E-state index in [1.54, 1.807) is 6.07 Å². The highest BCUT2D eigenvalue weighted by molar-refractivity contribution is 7.91. The molecular weight excluding hydrogens is 520 g/mol. The van der Waals surface area contributed by atoms with Gasteiger partial charge in [-0.15, -0.1) is 0 Å². The lowest BCUT2D eigenvalue weighted by Crippen LogP contribution is -2.41. The quantitative estimate of drug-likeness (QED) is 0.292. The molecular formula is C22H22ClF2N5O5S. The van der Waals surface area contributed by atoms with Crippen LogP contribution in [0, 0.1) is 5.21 Å². The van der Waals surface area contributed by atoms with Crippen LogP contribution in [-0.2, 0) is 33.5 Å². The number of anilines is 1. The first-order valence-electron chi connectivity index (χ1n) is 10.6. The van der Waals surface area contributed by atoms with Gasteiger partial charge in [0.2, 0.25) is 5.91 Å². The lowest BCUT2D eigenvalue weighted by molar-refractivity contribution is -0.624. The SMILES string of the molecule is CCS(=O)(=O)c1ccccc1Cc1nc(NCC(F)(F)c2cccc[n+]2[O-])c(=O)n(CC(N)=O)c1Cl. The van der Waals surface area contributed by atoms with Crippen LogP contribution in [0.5, 0.6) is 0 Å². The Morgan fingerprint density at radius 2 is 1.92 bits per heavy atom. The van der Waals surface area contributed by atoms with Gasteiger partial charge in [0.25, 0.3) is 11.3 Å². The summed E-state index contributed by atoms with van der Waals surface area (Å²) in [6.45, 7) is -0.378. The number of nitrogens with two attached hydrogens (primary N) is 1. The molecule has 0 aliphatic heterocycles. The molecule has 0 saturated carbocycles. The van der Waals surface area contributed by atoms with Crippen molar-refractivity contribution >= 4 is 33.2 Å². The van der Waals surface area contributed by atoms with Crippen molar-refractivity contribution in [3.05, 3.63) is 86.3 Å². The van der Waals surface area contributed by atoms with Crippen LogP contribution in [0.25, 0.3) is 0 Å². The Morgan fingerprint density at radius 1 is 1.25 bits per heavy atom. The lowest BCUT2D eigenvalue weighted by atomic mass is 10.1. The molecule has 0 bridgehead atoms. The van der Waals surface area contributed by atoms with E-state index in [0.29, 0.717) is 5.56 Å². The smallest absolute Gasteiger partial charge is 0.347 e. The summed E-state index contributed by atoms with van der Waals surface area (Å²) >= 11 is 6.31. The van der Waals surface area contributed by atoms with Crippen molar-refractivity contribution in [1.29, 1.82) is 0 Å². The predicted octanol–water partition coefficient (Wildman–Crippen LogP) is 1.60. The molecule has 14 heteroatoms. The molecule has 3 rings (SSSR count). The van der Waals surface area contributed by atoms with Gasteiger partial charge in [-0.25, -0.2) is 13.4 Å². The minimum absolute atomic E-state index is 0.00112. The molecule has 1 amide bonds. The van der Waals surface area contributed by atoms with E-state index >= 15 is 0 Å². The maximum Gasteiger partial charge on any atom is 0.347 e. The number of pyridine rings is 1. The Balaban J connectivity index is 2.06. The van der Waals surface area contributed by atoms with Crippen molar-refractivity contribution in [2.24, 2.45) is 5.73 Å². The van der Waals surface area contributed by atoms with Crippen molar-refractivity contribution < 1.29 is 26.7 Å². The zero-order valence-corrected chi connectivity index (χ0v) is 20.5. The number of alkyl halides is 2. The first kappa shape index (κ1) is 27.0. The van der Waals surface area contributed by atoms with Gasteiger partial charge >= 0.3 is 5.92 Å². The molecule has 0 saturated heterocycles. The number of primary amides is 1. The van der Waals surface area contributed by atoms with Crippen LogP contribution >= 0.6 is 11.6 Å². The van der Waals surface area contributed by atoms with Crippen LogP contribution < -0.4 is 21.3 Å². The third-order valence-electron chi connectivity index (χ3n) is 5.21. The van der Waals surface area contributed by atoms with Crippen LogP contribution in [0.4, 0.5) is 14.6 Å². The van der Waals surface area contributed by atoms with Crippen LogP contribution in [0.3, 0.4) is 0 Å². The summed E-state index contributed by atoms with van der Waals surface area (Å²) in [5, 5.41) is 13.7. The second-order valence-electron chi connectivity index (χ2n) is 7.71. The Labute approximate surface area is 209 Å². The molecule has 0 aliphatic carbocycles. The van der Waals surface area contributed by atoms with E-state index in [-0.39, 0.29) is 32.6 Å². The van der Waals surface area contributed by atoms with E-state index in [1.165, 1.54) is 37.3 Å². The number of rotatable bonds is 10. The molecule has 2 aromatic heterocycles. The fourth-order valence-electron chi connectivity index (χ4n) is 3.41. The van der Waals surface area contributed by atoms with Gasteiger partial charge in [-0.2, -0.15) is 13.5 Å². The van der Waals surface area contributed by atoms with Crippen LogP contribution in [-0.4, -0.2) is 36.2 Å². The van der Waals surface area contributed by atoms with Crippen molar-refractivity contribution in [3.8, 4) is 0 Å². The van der Waals surface area contributed by atoms with Crippen molar-refractivity contribution in [2.45, 2.75) is 30.7 Å². The zero-order chi connectivity index (χ0) is 26.7. The normalized spacial score (nSPS) is 11.9. The van der Waals surface area contributed by atoms with Crippen molar-refractivity contribution in [3.63, 3.8) is 0 Å². The number of sulfone groups is 1. The highest BCUT2D eigenvalue weighted by Gasteiger charge is 2.39. The molecule has 0 aliphatic rings. The molecule has 0 unspecified atom stereocenters. The second kappa shape index (κ2) is 10.6. The molecule has 0 radical (unpaired) electrons. The van der Waals surface area contributed by atoms with E-state index in [2.05, 4.69) is 10.3 Å². The van der Waals surface area contributed by atoms with Crippen LogP contribution in [0.15, 0.2) is 58.4 Å². The monoisotopic (exact) mass is 541 g/mol. The third-order valence-corrected chi connectivity index (χ3v) is 7.46. The van der Waals surface area contributed by atoms with Gasteiger partial charge in [0.1, 0.15) is 11.7 Å². The maximum absolute atomic E-state index is 14.7. The first-order chi connectivity index (χ1) is 16.9. The van der Waals surface area contributed by atoms with Gasteiger partial charge in [-0.3, -0.25) is 14.2 Å². The van der Waals surface area contributed by atoms with Crippen molar-refractivity contribution in [2.75, 3.05) is 17.6 Å². The van der Waals surface area contributed by atoms with E-state index in [4.69, 9.17) is 17.3 Å². The summed E-state index contributed by atoms with van der Waals surface area (Å²) < 4.78 is 55.2. The van der Waals surface area contributed by atoms with Crippen LogP contribution in [0.1, 0.15) is 23.9 Å². The van der Waals surface area contributed by atoms with E-state index in [1.807, 2.05) is 0 Å². The van der Waals surface area contributed by atoms with Gasteiger partial charge in [-0.05, 0) is 17.7 Å². The zero-order valence-electron chi connectivity index (χ0n) is 18.9. The predicted molar refractivity (Wildman–Crippen MR) is 127 cm³/mol. The number of halogens is 3. The highest BCUT2D eigenvalue weighted by atomic mass is 35.5.